The Morgan fingerprint density at radius 1 is 1.00 bits per heavy atom. The van der Waals surface area contributed by atoms with Gasteiger partial charge in [0.05, 0.1) is 11.6 Å². The summed E-state index contributed by atoms with van der Waals surface area (Å²) < 4.78 is 0. The molecule has 0 atom stereocenters. The van der Waals surface area contributed by atoms with Crippen LogP contribution in [0.4, 0.5) is 5.69 Å². The van der Waals surface area contributed by atoms with E-state index in [0.29, 0.717) is 5.56 Å². The zero-order valence-corrected chi connectivity index (χ0v) is 13.8. The summed E-state index contributed by atoms with van der Waals surface area (Å²) in [7, 11) is 2.18. The molecule has 0 bridgehead atoms. The van der Waals surface area contributed by atoms with E-state index in [1.54, 1.807) is 0 Å². The monoisotopic (exact) mass is 316 g/mol. The Hall–Kier alpha value is -2.77. The molecule has 24 heavy (non-hydrogen) atoms. The van der Waals surface area contributed by atoms with Crippen LogP contribution in [0.15, 0.2) is 48.5 Å². The highest BCUT2D eigenvalue weighted by Gasteiger charge is 2.17. The minimum Gasteiger partial charge on any atom is -0.368 e. The molecule has 1 aromatic heterocycles. The summed E-state index contributed by atoms with van der Waals surface area (Å²) in [5.41, 5.74) is 5.23. The fourth-order valence-corrected chi connectivity index (χ4v) is 3.37. The lowest BCUT2D eigenvalue weighted by Crippen LogP contribution is -2.44. The first kappa shape index (κ1) is 14.8. The van der Waals surface area contributed by atoms with Gasteiger partial charge in [-0.05, 0) is 42.9 Å². The molecule has 0 amide bonds. The number of likely N-dealkylation sites (N-methyl/N-ethyl adjacent to an activating group) is 1. The van der Waals surface area contributed by atoms with Gasteiger partial charge < -0.3 is 14.8 Å². The minimum atomic E-state index is 0.686. The quantitative estimate of drug-likeness (QED) is 0.787. The van der Waals surface area contributed by atoms with Gasteiger partial charge >= 0.3 is 0 Å². The van der Waals surface area contributed by atoms with Crippen LogP contribution >= 0.6 is 0 Å². The Bertz CT molecular complexity index is 911. The van der Waals surface area contributed by atoms with Crippen molar-refractivity contribution in [2.24, 2.45) is 0 Å². The van der Waals surface area contributed by atoms with Gasteiger partial charge in [0.2, 0.25) is 0 Å². The van der Waals surface area contributed by atoms with Crippen molar-refractivity contribution in [2.75, 3.05) is 38.1 Å². The lowest BCUT2D eigenvalue weighted by molar-refractivity contribution is 0.313. The van der Waals surface area contributed by atoms with Gasteiger partial charge in [0.15, 0.2) is 0 Å². The number of hydrogen-bond donors (Lipinski definition) is 1. The van der Waals surface area contributed by atoms with Crippen molar-refractivity contribution in [2.45, 2.75) is 0 Å². The number of rotatable bonds is 2. The predicted molar refractivity (Wildman–Crippen MR) is 98.2 cm³/mol. The van der Waals surface area contributed by atoms with Crippen molar-refractivity contribution in [3.63, 3.8) is 0 Å². The van der Waals surface area contributed by atoms with E-state index in [0.717, 1.165) is 43.0 Å². The van der Waals surface area contributed by atoms with Crippen LogP contribution in [-0.4, -0.2) is 43.1 Å². The first-order valence-electron chi connectivity index (χ1n) is 8.30. The van der Waals surface area contributed by atoms with Crippen molar-refractivity contribution in [1.29, 1.82) is 5.26 Å². The van der Waals surface area contributed by atoms with Crippen LogP contribution in [0.25, 0.3) is 22.2 Å². The van der Waals surface area contributed by atoms with Crippen molar-refractivity contribution in [3.05, 3.63) is 54.1 Å². The summed E-state index contributed by atoms with van der Waals surface area (Å²) in [5.74, 6) is 0. The Labute approximate surface area is 141 Å². The molecule has 2 aromatic carbocycles. The molecule has 1 aliphatic rings. The van der Waals surface area contributed by atoms with Crippen LogP contribution in [0.1, 0.15) is 5.56 Å². The SMILES string of the molecule is CN1CCN(c2cccc3[nH]c(-c4cccc(C#N)c4)cc23)CC1. The smallest absolute Gasteiger partial charge is 0.0991 e. The number of nitrogens with zero attached hydrogens (tertiary/aromatic N) is 3. The van der Waals surface area contributed by atoms with E-state index in [1.807, 2.05) is 24.3 Å². The van der Waals surface area contributed by atoms with Gasteiger partial charge in [-0.15, -0.1) is 0 Å². The summed E-state index contributed by atoms with van der Waals surface area (Å²) in [4.78, 5) is 8.34. The van der Waals surface area contributed by atoms with Crippen LogP contribution in [0, 0.1) is 11.3 Å². The van der Waals surface area contributed by atoms with Gasteiger partial charge in [-0.3, -0.25) is 0 Å². The van der Waals surface area contributed by atoms with E-state index < -0.39 is 0 Å². The molecule has 0 radical (unpaired) electrons. The summed E-state index contributed by atoms with van der Waals surface area (Å²) in [6.45, 7) is 4.30. The zero-order valence-electron chi connectivity index (χ0n) is 13.8. The molecule has 1 aliphatic heterocycles. The van der Waals surface area contributed by atoms with Gasteiger partial charge in [-0.25, -0.2) is 0 Å². The Balaban J connectivity index is 1.75. The van der Waals surface area contributed by atoms with Gasteiger partial charge in [-0.2, -0.15) is 5.26 Å². The van der Waals surface area contributed by atoms with Crippen LogP contribution in [0.3, 0.4) is 0 Å². The van der Waals surface area contributed by atoms with Crippen molar-refractivity contribution in [1.82, 2.24) is 9.88 Å². The zero-order chi connectivity index (χ0) is 16.5. The van der Waals surface area contributed by atoms with Gasteiger partial charge in [0, 0.05) is 48.5 Å². The number of fused-ring (bicyclic) bond motifs is 1. The molecule has 4 rings (SSSR count). The highest BCUT2D eigenvalue weighted by Crippen LogP contribution is 2.32. The maximum Gasteiger partial charge on any atom is 0.0991 e. The number of piperazine rings is 1. The molecule has 0 saturated carbocycles. The fraction of sp³-hybridized carbons (Fsp3) is 0.250. The molecule has 1 saturated heterocycles. The van der Waals surface area contributed by atoms with E-state index in [9.17, 15) is 0 Å². The maximum atomic E-state index is 9.11. The predicted octanol–water partition coefficient (Wildman–Crippen LogP) is 3.46. The largest absolute Gasteiger partial charge is 0.368 e. The summed E-state index contributed by atoms with van der Waals surface area (Å²) >= 11 is 0. The normalized spacial score (nSPS) is 15.6. The summed E-state index contributed by atoms with van der Waals surface area (Å²) in [6.07, 6.45) is 0. The van der Waals surface area contributed by atoms with Gasteiger partial charge in [0.25, 0.3) is 0 Å². The van der Waals surface area contributed by atoms with Crippen molar-refractivity contribution >= 4 is 16.6 Å². The average Bonchev–Trinajstić information content (AvgIpc) is 3.07. The number of H-pyrrole nitrogens is 1. The Kier molecular flexibility index (Phi) is 3.72. The molecule has 120 valence electrons. The third-order valence-corrected chi connectivity index (χ3v) is 4.79. The molecule has 4 nitrogen and oxygen atoms in total. The molecular weight excluding hydrogens is 296 g/mol. The summed E-state index contributed by atoms with van der Waals surface area (Å²) in [6, 6.07) is 18.6. The third kappa shape index (κ3) is 2.64. The number of nitrogens with one attached hydrogen (secondary N) is 1. The maximum absolute atomic E-state index is 9.11. The second-order valence-corrected chi connectivity index (χ2v) is 6.40. The average molecular weight is 316 g/mol. The number of hydrogen-bond acceptors (Lipinski definition) is 3. The molecular formula is C20H20N4. The Morgan fingerprint density at radius 2 is 1.79 bits per heavy atom. The van der Waals surface area contributed by atoms with Crippen molar-refractivity contribution in [3.8, 4) is 17.3 Å². The molecule has 0 unspecified atom stereocenters. The van der Waals surface area contributed by atoms with Gasteiger partial charge in [-0.1, -0.05) is 18.2 Å². The number of nitriles is 1. The van der Waals surface area contributed by atoms with Crippen molar-refractivity contribution < 1.29 is 0 Å². The second-order valence-electron chi connectivity index (χ2n) is 6.40. The number of aromatic amines is 1. The molecule has 1 fully saturated rings. The van der Waals surface area contributed by atoms with E-state index in [2.05, 4.69) is 52.2 Å². The Morgan fingerprint density at radius 3 is 2.58 bits per heavy atom. The van der Waals surface area contributed by atoms with E-state index >= 15 is 0 Å². The molecule has 2 heterocycles. The number of aromatic nitrogens is 1. The lowest BCUT2D eigenvalue weighted by atomic mass is 10.1. The van der Waals surface area contributed by atoms with E-state index in [1.165, 1.54) is 11.1 Å². The standard InChI is InChI=1S/C20H20N4/c1-23-8-10-24(11-9-23)20-7-3-6-18-17(20)13-19(22-18)16-5-2-4-15(12-16)14-21/h2-7,12-13,22H,8-11H2,1H3. The van der Waals surface area contributed by atoms with E-state index in [-0.39, 0.29) is 0 Å². The third-order valence-electron chi connectivity index (χ3n) is 4.79. The van der Waals surface area contributed by atoms with Gasteiger partial charge in [0.1, 0.15) is 0 Å². The molecule has 4 heteroatoms. The van der Waals surface area contributed by atoms with Crippen LogP contribution in [0.5, 0.6) is 0 Å². The number of benzene rings is 2. The summed E-state index contributed by atoms with van der Waals surface area (Å²) in [5, 5.41) is 10.4. The van der Waals surface area contributed by atoms with Crippen LogP contribution < -0.4 is 4.90 Å². The fourth-order valence-electron chi connectivity index (χ4n) is 3.37. The first-order chi connectivity index (χ1) is 11.7. The molecule has 3 aromatic rings. The second kappa shape index (κ2) is 6.03. The van der Waals surface area contributed by atoms with Crippen LogP contribution in [0.2, 0.25) is 0 Å². The van der Waals surface area contributed by atoms with E-state index in [4.69, 9.17) is 5.26 Å². The highest BCUT2D eigenvalue weighted by molar-refractivity contribution is 5.96. The molecule has 0 aliphatic carbocycles. The lowest BCUT2D eigenvalue weighted by Gasteiger charge is -2.34. The molecule has 0 spiro atoms. The van der Waals surface area contributed by atoms with Crippen LogP contribution in [-0.2, 0) is 0 Å². The highest BCUT2D eigenvalue weighted by atomic mass is 15.2. The number of anilines is 1. The minimum absolute atomic E-state index is 0.686. The first-order valence-corrected chi connectivity index (χ1v) is 8.30. The molecule has 1 N–H and O–H groups in total. The topological polar surface area (TPSA) is 46.1 Å².